The van der Waals surface area contributed by atoms with Gasteiger partial charge in [-0.15, -0.1) is 0 Å². The van der Waals surface area contributed by atoms with Crippen molar-refractivity contribution in [3.05, 3.63) is 83.8 Å². The van der Waals surface area contributed by atoms with Crippen molar-refractivity contribution in [1.29, 1.82) is 0 Å². The molecule has 0 atom stereocenters. The van der Waals surface area contributed by atoms with Gasteiger partial charge in [-0.3, -0.25) is 4.79 Å². The van der Waals surface area contributed by atoms with Crippen LogP contribution >= 0.6 is 23.4 Å². The maximum atomic E-state index is 11.7. The third-order valence-electron chi connectivity index (χ3n) is 4.89. The predicted molar refractivity (Wildman–Crippen MR) is 128 cm³/mol. The highest BCUT2D eigenvalue weighted by atomic mass is 35.5. The van der Waals surface area contributed by atoms with Gasteiger partial charge in [0.1, 0.15) is 10.9 Å². The van der Waals surface area contributed by atoms with E-state index in [0.29, 0.717) is 12.1 Å². The Morgan fingerprint density at radius 2 is 1.97 bits per heavy atom. The largest absolute Gasteiger partial charge is 0.378 e. The molecule has 0 bridgehead atoms. The van der Waals surface area contributed by atoms with Crippen LogP contribution in [0.25, 0.3) is 0 Å². The summed E-state index contributed by atoms with van der Waals surface area (Å²) in [5, 5.41) is 3.63. The van der Waals surface area contributed by atoms with E-state index in [1.54, 1.807) is 6.20 Å². The number of carbonyl (C=O) groups is 1. The Kier molecular flexibility index (Phi) is 7.77. The van der Waals surface area contributed by atoms with Crippen LogP contribution in [-0.2, 0) is 16.0 Å². The lowest BCUT2D eigenvalue weighted by atomic mass is 10.1. The highest BCUT2D eigenvalue weighted by Crippen LogP contribution is 2.28. The first kappa shape index (κ1) is 22.3. The molecule has 2 heterocycles. The standard InChI is InChI=1S/C24H23ClN4O2S/c25-10-8-23(30)27-19-2-1-3-21(17-19)32-24-9-11-26-22(28-24)16-18-4-6-20(7-5-18)29-12-14-31-15-13-29/h1-11,17H,12-16H2,(H,27,30)/b10-8+. The van der Waals surface area contributed by atoms with Crippen LogP contribution in [0.15, 0.2) is 82.3 Å². The quantitative estimate of drug-likeness (QED) is 0.400. The summed E-state index contributed by atoms with van der Waals surface area (Å²) in [7, 11) is 0. The second-order valence-corrected chi connectivity index (χ2v) is 8.51. The Hall–Kier alpha value is -2.87. The summed E-state index contributed by atoms with van der Waals surface area (Å²) in [5.41, 5.74) is 4.27. The third kappa shape index (κ3) is 6.32. The van der Waals surface area contributed by atoms with E-state index in [1.807, 2.05) is 30.3 Å². The zero-order valence-electron chi connectivity index (χ0n) is 17.4. The van der Waals surface area contributed by atoms with Gasteiger partial charge >= 0.3 is 0 Å². The van der Waals surface area contributed by atoms with Crippen molar-refractivity contribution < 1.29 is 9.53 Å². The number of nitrogens with one attached hydrogen (secondary N) is 1. The van der Waals surface area contributed by atoms with Gasteiger partial charge in [-0.05, 0) is 42.0 Å². The highest BCUT2D eigenvalue weighted by molar-refractivity contribution is 7.99. The molecule has 1 aliphatic heterocycles. The average molecular weight is 467 g/mol. The van der Waals surface area contributed by atoms with Gasteiger partial charge in [0.25, 0.3) is 0 Å². The number of benzene rings is 2. The van der Waals surface area contributed by atoms with Crippen LogP contribution in [0, 0.1) is 0 Å². The molecule has 0 spiro atoms. The first-order chi connectivity index (χ1) is 15.7. The molecular formula is C24H23ClN4O2S. The monoisotopic (exact) mass is 466 g/mol. The molecule has 0 radical (unpaired) electrons. The summed E-state index contributed by atoms with van der Waals surface area (Å²) in [6, 6.07) is 18.1. The number of nitrogens with zero attached hydrogens (tertiary/aromatic N) is 3. The van der Waals surface area contributed by atoms with Crippen molar-refractivity contribution in [2.45, 2.75) is 16.3 Å². The molecule has 0 unspecified atom stereocenters. The first-order valence-corrected chi connectivity index (χ1v) is 11.5. The highest BCUT2D eigenvalue weighted by Gasteiger charge is 2.11. The van der Waals surface area contributed by atoms with Crippen LogP contribution in [0.5, 0.6) is 0 Å². The Morgan fingerprint density at radius 3 is 2.75 bits per heavy atom. The molecule has 1 saturated heterocycles. The van der Waals surface area contributed by atoms with Crippen molar-refractivity contribution in [2.24, 2.45) is 0 Å². The smallest absolute Gasteiger partial charge is 0.249 e. The van der Waals surface area contributed by atoms with Gasteiger partial charge in [0.2, 0.25) is 5.91 Å². The summed E-state index contributed by atoms with van der Waals surface area (Å²) >= 11 is 6.97. The summed E-state index contributed by atoms with van der Waals surface area (Å²) in [6.07, 6.45) is 3.72. The maximum Gasteiger partial charge on any atom is 0.249 e. The number of amides is 1. The number of hydrogen-bond acceptors (Lipinski definition) is 6. The minimum absolute atomic E-state index is 0.272. The van der Waals surface area contributed by atoms with Crippen LogP contribution < -0.4 is 10.2 Å². The lowest BCUT2D eigenvalue weighted by Crippen LogP contribution is -2.36. The van der Waals surface area contributed by atoms with Crippen molar-refractivity contribution in [3.63, 3.8) is 0 Å². The second kappa shape index (κ2) is 11.1. The van der Waals surface area contributed by atoms with Gasteiger partial charge in [-0.25, -0.2) is 9.97 Å². The van der Waals surface area contributed by atoms with Gasteiger partial charge in [0.05, 0.1) is 13.2 Å². The fourth-order valence-electron chi connectivity index (χ4n) is 3.35. The van der Waals surface area contributed by atoms with Gasteiger partial charge in [0.15, 0.2) is 0 Å². The molecule has 1 aromatic heterocycles. The number of hydrogen-bond donors (Lipinski definition) is 1. The fourth-order valence-corrected chi connectivity index (χ4v) is 4.32. The zero-order chi connectivity index (χ0) is 22.2. The van der Waals surface area contributed by atoms with E-state index < -0.39 is 0 Å². The Bertz CT molecular complexity index is 1090. The molecule has 4 rings (SSSR count). The second-order valence-electron chi connectivity index (χ2n) is 7.17. The van der Waals surface area contributed by atoms with Crippen LogP contribution in [-0.4, -0.2) is 42.2 Å². The summed E-state index contributed by atoms with van der Waals surface area (Å²) in [4.78, 5) is 24.1. The van der Waals surface area contributed by atoms with Gasteiger partial charge in [-0.2, -0.15) is 0 Å². The van der Waals surface area contributed by atoms with E-state index in [2.05, 4.69) is 39.5 Å². The SMILES string of the molecule is O=C(/C=C/Cl)Nc1cccc(Sc2ccnc(Cc3ccc(N4CCOCC4)cc3)n2)c1. The summed E-state index contributed by atoms with van der Waals surface area (Å²) in [5.74, 6) is 0.497. The van der Waals surface area contributed by atoms with Crippen molar-refractivity contribution in [2.75, 3.05) is 36.5 Å². The number of aromatic nitrogens is 2. The van der Waals surface area contributed by atoms with E-state index in [-0.39, 0.29) is 5.91 Å². The molecule has 1 amide bonds. The number of anilines is 2. The normalized spacial score (nSPS) is 14.0. The lowest BCUT2D eigenvalue weighted by molar-refractivity contribution is -0.111. The van der Waals surface area contributed by atoms with Gasteiger partial charge in [0, 0.05) is 53.6 Å². The molecule has 6 nitrogen and oxygen atoms in total. The van der Waals surface area contributed by atoms with E-state index in [9.17, 15) is 4.79 Å². The summed E-state index contributed by atoms with van der Waals surface area (Å²) < 4.78 is 5.42. The molecule has 3 aromatic rings. The van der Waals surface area contributed by atoms with Crippen LogP contribution in [0.1, 0.15) is 11.4 Å². The number of morpholine rings is 1. The van der Waals surface area contributed by atoms with Crippen LogP contribution in [0.4, 0.5) is 11.4 Å². The lowest BCUT2D eigenvalue weighted by Gasteiger charge is -2.28. The van der Waals surface area contributed by atoms with Crippen molar-refractivity contribution in [3.8, 4) is 0 Å². The van der Waals surface area contributed by atoms with E-state index in [0.717, 1.165) is 42.0 Å². The maximum absolute atomic E-state index is 11.7. The zero-order valence-corrected chi connectivity index (χ0v) is 19.0. The topological polar surface area (TPSA) is 67.4 Å². The number of ether oxygens (including phenoxy) is 1. The van der Waals surface area contributed by atoms with Crippen molar-refractivity contribution >= 4 is 40.6 Å². The number of halogens is 1. The number of rotatable bonds is 7. The third-order valence-corrected chi connectivity index (χ3v) is 5.95. The van der Waals surface area contributed by atoms with E-state index in [1.165, 1.54) is 34.6 Å². The van der Waals surface area contributed by atoms with Gasteiger partial charge < -0.3 is 15.0 Å². The average Bonchev–Trinajstić information content (AvgIpc) is 2.81. The van der Waals surface area contributed by atoms with E-state index >= 15 is 0 Å². The minimum atomic E-state index is -0.272. The molecule has 0 saturated carbocycles. The number of carbonyl (C=O) groups excluding carboxylic acids is 1. The predicted octanol–water partition coefficient (Wildman–Crippen LogP) is 4.75. The molecule has 8 heteroatoms. The molecule has 2 aromatic carbocycles. The minimum Gasteiger partial charge on any atom is -0.378 e. The van der Waals surface area contributed by atoms with Crippen LogP contribution in [0.3, 0.4) is 0 Å². The van der Waals surface area contributed by atoms with Crippen LogP contribution in [0.2, 0.25) is 0 Å². The molecule has 0 aliphatic carbocycles. The summed E-state index contributed by atoms with van der Waals surface area (Å²) in [6.45, 7) is 3.41. The molecule has 32 heavy (non-hydrogen) atoms. The molecule has 1 aliphatic rings. The van der Waals surface area contributed by atoms with Gasteiger partial charge in [-0.1, -0.05) is 41.6 Å². The molecule has 164 valence electrons. The molecule has 1 fully saturated rings. The van der Waals surface area contributed by atoms with Crippen molar-refractivity contribution in [1.82, 2.24) is 9.97 Å². The Balaban J connectivity index is 1.40. The molecular weight excluding hydrogens is 444 g/mol. The Labute approximate surface area is 196 Å². The fraction of sp³-hybridized carbons (Fsp3) is 0.208. The first-order valence-electron chi connectivity index (χ1n) is 10.3. The molecule has 1 N–H and O–H groups in total. The Morgan fingerprint density at radius 1 is 1.16 bits per heavy atom. The van der Waals surface area contributed by atoms with E-state index in [4.69, 9.17) is 21.3 Å².